The summed E-state index contributed by atoms with van der Waals surface area (Å²) in [5.41, 5.74) is 2.76. The maximum Gasteiger partial charge on any atom is 0.315 e. The summed E-state index contributed by atoms with van der Waals surface area (Å²) >= 11 is 0. The number of methoxy groups -OCH3 is 1. The number of benzene rings is 2. The number of hydrogen-bond acceptors (Lipinski definition) is 3. The third kappa shape index (κ3) is 5.64. The second-order valence-corrected chi connectivity index (χ2v) is 5.93. The van der Waals surface area contributed by atoms with Crippen molar-refractivity contribution in [1.29, 1.82) is 0 Å². The molecule has 1 unspecified atom stereocenters. The second kappa shape index (κ2) is 8.87. The summed E-state index contributed by atoms with van der Waals surface area (Å²) in [5.74, 6) is 0.790. The molecule has 0 aliphatic heterocycles. The molecule has 0 aromatic heterocycles. The van der Waals surface area contributed by atoms with Crippen molar-refractivity contribution in [2.45, 2.75) is 26.3 Å². The van der Waals surface area contributed by atoms with Gasteiger partial charge in [-0.15, -0.1) is 0 Å². The van der Waals surface area contributed by atoms with E-state index in [0.29, 0.717) is 12.1 Å². The number of carbonyl (C=O) groups is 2. The SMILES string of the molecule is COc1ccc(C(C)NC(=O)NCCC(=O)c2ccc(C)cc2)cc1. The highest BCUT2D eigenvalue weighted by molar-refractivity contribution is 5.96. The van der Waals surface area contributed by atoms with Gasteiger partial charge in [-0.25, -0.2) is 4.79 Å². The zero-order valence-electron chi connectivity index (χ0n) is 14.8. The predicted molar refractivity (Wildman–Crippen MR) is 98.1 cm³/mol. The van der Waals surface area contributed by atoms with Gasteiger partial charge in [-0.3, -0.25) is 4.79 Å². The van der Waals surface area contributed by atoms with Gasteiger partial charge in [-0.1, -0.05) is 42.0 Å². The van der Waals surface area contributed by atoms with E-state index in [0.717, 1.165) is 16.9 Å². The summed E-state index contributed by atoms with van der Waals surface area (Å²) < 4.78 is 5.12. The van der Waals surface area contributed by atoms with Crippen LogP contribution in [0.4, 0.5) is 4.79 Å². The van der Waals surface area contributed by atoms with Crippen LogP contribution in [0.15, 0.2) is 48.5 Å². The van der Waals surface area contributed by atoms with Crippen LogP contribution in [-0.2, 0) is 0 Å². The first kappa shape index (κ1) is 18.5. The molecule has 25 heavy (non-hydrogen) atoms. The van der Waals surface area contributed by atoms with Crippen LogP contribution >= 0.6 is 0 Å². The van der Waals surface area contributed by atoms with Crippen molar-refractivity contribution in [2.75, 3.05) is 13.7 Å². The molecule has 0 fully saturated rings. The first-order valence-corrected chi connectivity index (χ1v) is 8.28. The highest BCUT2D eigenvalue weighted by atomic mass is 16.5. The molecule has 2 aromatic rings. The molecule has 0 aliphatic carbocycles. The number of Topliss-reactive ketones (excluding diaryl/α,β-unsaturated/α-hetero) is 1. The Kier molecular flexibility index (Phi) is 6.57. The minimum atomic E-state index is -0.292. The van der Waals surface area contributed by atoms with E-state index >= 15 is 0 Å². The molecule has 0 saturated heterocycles. The molecule has 5 nitrogen and oxygen atoms in total. The second-order valence-electron chi connectivity index (χ2n) is 5.93. The molecule has 2 amide bonds. The van der Waals surface area contributed by atoms with Gasteiger partial charge in [0, 0.05) is 18.5 Å². The van der Waals surface area contributed by atoms with E-state index in [2.05, 4.69) is 10.6 Å². The van der Waals surface area contributed by atoms with Gasteiger partial charge in [0.2, 0.25) is 0 Å². The largest absolute Gasteiger partial charge is 0.497 e. The first-order valence-electron chi connectivity index (χ1n) is 8.28. The lowest BCUT2D eigenvalue weighted by atomic mass is 10.1. The topological polar surface area (TPSA) is 67.4 Å². The Hall–Kier alpha value is -2.82. The smallest absolute Gasteiger partial charge is 0.315 e. The summed E-state index contributed by atoms with van der Waals surface area (Å²) in [6.07, 6.45) is 0.271. The molecule has 132 valence electrons. The van der Waals surface area contributed by atoms with Gasteiger partial charge in [0.05, 0.1) is 13.2 Å². The van der Waals surface area contributed by atoms with E-state index in [1.54, 1.807) is 7.11 Å². The number of ether oxygens (including phenoxy) is 1. The molecule has 0 spiro atoms. The minimum Gasteiger partial charge on any atom is -0.497 e. The van der Waals surface area contributed by atoms with Crippen LogP contribution < -0.4 is 15.4 Å². The fourth-order valence-corrected chi connectivity index (χ4v) is 2.40. The van der Waals surface area contributed by atoms with E-state index in [-0.39, 0.29) is 24.3 Å². The van der Waals surface area contributed by atoms with Gasteiger partial charge < -0.3 is 15.4 Å². The van der Waals surface area contributed by atoms with Crippen molar-refractivity contribution in [2.24, 2.45) is 0 Å². The number of urea groups is 1. The van der Waals surface area contributed by atoms with Gasteiger partial charge in [-0.05, 0) is 31.5 Å². The Balaban J connectivity index is 1.76. The van der Waals surface area contributed by atoms with Gasteiger partial charge in [0.25, 0.3) is 0 Å². The number of hydrogen-bond donors (Lipinski definition) is 2. The summed E-state index contributed by atoms with van der Waals surface area (Å²) in [5, 5.41) is 5.57. The van der Waals surface area contributed by atoms with E-state index in [1.165, 1.54) is 0 Å². The molecule has 2 N–H and O–H groups in total. The lowest BCUT2D eigenvalue weighted by Gasteiger charge is -2.15. The van der Waals surface area contributed by atoms with Crippen LogP contribution in [0.2, 0.25) is 0 Å². The van der Waals surface area contributed by atoms with E-state index < -0.39 is 0 Å². The molecule has 2 aromatic carbocycles. The highest BCUT2D eigenvalue weighted by Crippen LogP contribution is 2.17. The van der Waals surface area contributed by atoms with Crippen molar-refractivity contribution in [3.05, 3.63) is 65.2 Å². The van der Waals surface area contributed by atoms with Crippen LogP contribution in [0.1, 0.15) is 40.9 Å². The van der Waals surface area contributed by atoms with Gasteiger partial charge in [0.1, 0.15) is 5.75 Å². The van der Waals surface area contributed by atoms with Crippen LogP contribution in [0.5, 0.6) is 5.75 Å². The van der Waals surface area contributed by atoms with Crippen LogP contribution in [0.25, 0.3) is 0 Å². The van der Waals surface area contributed by atoms with Crippen molar-refractivity contribution < 1.29 is 14.3 Å². The Morgan fingerprint density at radius 2 is 1.68 bits per heavy atom. The van der Waals surface area contributed by atoms with Gasteiger partial charge in [0.15, 0.2) is 5.78 Å². The lowest BCUT2D eigenvalue weighted by Crippen LogP contribution is -2.38. The summed E-state index contributed by atoms with van der Waals surface area (Å²) in [6, 6.07) is 14.5. The quantitative estimate of drug-likeness (QED) is 0.756. The Morgan fingerprint density at radius 1 is 1.04 bits per heavy atom. The molecule has 0 aliphatic rings. The van der Waals surface area contributed by atoms with Gasteiger partial charge in [-0.2, -0.15) is 0 Å². The Labute approximate surface area is 148 Å². The Bertz CT molecular complexity index is 709. The molecule has 0 heterocycles. The van der Waals surface area contributed by atoms with Crippen molar-refractivity contribution in [3.8, 4) is 5.75 Å². The maximum absolute atomic E-state index is 12.1. The van der Waals surface area contributed by atoms with Crippen LogP contribution in [0.3, 0.4) is 0 Å². The summed E-state index contributed by atoms with van der Waals surface area (Å²) in [4.78, 5) is 24.0. The normalized spacial score (nSPS) is 11.5. The fourth-order valence-electron chi connectivity index (χ4n) is 2.40. The number of carbonyl (C=O) groups excluding carboxylic acids is 2. The third-order valence-corrected chi connectivity index (χ3v) is 3.97. The molecule has 5 heteroatoms. The molecule has 1 atom stereocenters. The monoisotopic (exact) mass is 340 g/mol. The van der Waals surface area contributed by atoms with Crippen LogP contribution in [-0.4, -0.2) is 25.5 Å². The van der Waals surface area contributed by atoms with E-state index in [4.69, 9.17) is 4.74 Å². The molecule has 0 saturated carbocycles. The zero-order chi connectivity index (χ0) is 18.2. The zero-order valence-corrected chi connectivity index (χ0v) is 14.8. The average Bonchev–Trinajstić information content (AvgIpc) is 2.62. The molecule has 2 rings (SSSR count). The number of ketones is 1. The Morgan fingerprint density at radius 3 is 2.28 bits per heavy atom. The predicted octanol–water partition coefficient (Wildman–Crippen LogP) is 3.64. The number of amides is 2. The minimum absolute atomic E-state index is 0.0171. The standard InChI is InChI=1S/C20H24N2O3/c1-14-4-6-17(7-5-14)19(23)12-13-21-20(24)22-15(2)16-8-10-18(25-3)11-9-16/h4-11,15H,12-13H2,1-3H3,(H2,21,22,24). The lowest BCUT2D eigenvalue weighted by molar-refractivity contribution is 0.0983. The number of nitrogens with one attached hydrogen (secondary N) is 2. The average molecular weight is 340 g/mol. The number of rotatable bonds is 7. The van der Waals surface area contributed by atoms with E-state index in [1.807, 2.05) is 62.4 Å². The molecule has 0 bridgehead atoms. The molecular weight excluding hydrogens is 316 g/mol. The maximum atomic E-state index is 12.1. The fraction of sp³-hybridized carbons (Fsp3) is 0.300. The van der Waals surface area contributed by atoms with E-state index in [9.17, 15) is 9.59 Å². The van der Waals surface area contributed by atoms with Crippen LogP contribution in [0, 0.1) is 6.92 Å². The first-order chi connectivity index (χ1) is 12.0. The number of aryl methyl sites for hydroxylation is 1. The van der Waals surface area contributed by atoms with Crippen molar-refractivity contribution in [3.63, 3.8) is 0 Å². The molecular formula is C20H24N2O3. The third-order valence-electron chi connectivity index (χ3n) is 3.97. The highest BCUT2D eigenvalue weighted by Gasteiger charge is 2.10. The summed E-state index contributed by atoms with van der Waals surface area (Å²) in [7, 11) is 1.61. The summed E-state index contributed by atoms with van der Waals surface area (Å²) in [6.45, 7) is 4.18. The van der Waals surface area contributed by atoms with Crippen molar-refractivity contribution >= 4 is 11.8 Å². The van der Waals surface area contributed by atoms with Gasteiger partial charge >= 0.3 is 6.03 Å². The molecule has 0 radical (unpaired) electrons. The van der Waals surface area contributed by atoms with Crippen molar-refractivity contribution in [1.82, 2.24) is 10.6 Å².